The zero-order valence-corrected chi connectivity index (χ0v) is 12.4. The van der Waals surface area contributed by atoms with E-state index in [0.717, 1.165) is 11.8 Å². The maximum atomic E-state index is 11.5. The van der Waals surface area contributed by atoms with E-state index in [-0.39, 0.29) is 16.8 Å². The summed E-state index contributed by atoms with van der Waals surface area (Å²) in [5.41, 5.74) is 6.19. The first-order valence-electron chi connectivity index (χ1n) is 5.44. The maximum absolute atomic E-state index is 11.5. The molecule has 19 heavy (non-hydrogen) atoms. The number of amides is 1. The van der Waals surface area contributed by atoms with E-state index in [1.165, 1.54) is 0 Å². The van der Waals surface area contributed by atoms with E-state index in [1.807, 2.05) is 6.92 Å². The molecule has 0 aromatic heterocycles. The molecule has 0 fully saturated rings. The monoisotopic (exact) mass is 342 g/mol. The standard InChI is InChI=1S/C12H11BrN2O3S/c1-2-18-8-4-6(3-7(13)10(8)16)5-9-11(17)15-12(14)19-9/h3-5,16H,2H2,1H3,(H2,14,15,17)/b9-5-. The van der Waals surface area contributed by atoms with Crippen LogP contribution in [0.25, 0.3) is 6.08 Å². The van der Waals surface area contributed by atoms with Crippen molar-refractivity contribution in [3.63, 3.8) is 0 Å². The van der Waals surface area contributed by atoms with E-state index in [9.17, 15) is 9.90 Å². The fraction of sp³-hybridized carbons (Fsp3) is 0.167. The highest BCUT2D eigenvalue weighted by Gasteiger charge is 2.20. The molecule has 1 aliphatic heterocycles. The largest absolute Gasteiger partial charge is 0.503 e. The quantitative estimate of drug-likeness (QED) is 0.824. The zero-order valence-electron chi connectivity index (χ0n) is 10.0. The molecule has 0 saturated carbocycles. The highest BCUT2D eigenvalue weighted by atomic mass is 79.9. The summed E-state index contributed by atoms with van der Waals surface area (Å²) < 4.78 is 5.81. The number of aliphatic imine (C=N–C) groups is 1. The number of rotatable bonds is 3. The van der Waals surface area contributed by atoms with Crippen LogP contribution in [0.4, 0.5) is 0 Å². The smallest absolute Gasteiger partial charge is 0.286 e. The number of carbonyl (C=O) groups is 1. The Morgan fingerprint density at radius 1 is 1.58 bits per heavy atom. The van der Waals surface area contributed by atoms with Crippen LogP contribution >= 0.6 is 27.7 Å². The molecule has 5 nitrogen and oxygen atoms in total. The molecule has 1 heterocycles. The van der Waals surface area contributed by atoms with E-state index in [4.69, 9.17) is 10.5 Å². The van der Waals surface area contributed by atoms with Crippen molar-refractivity contribution in [1.29, 1.82) is 0 Å². The van der Waals surface area contributed by atoms with Crippen LogP contribution in [-0.2, 0) is 4.79 Å². The number of hydrogen-bond donors (Lipinski definition) is 2. The van der Waals surface area contributed by atoms with Gasteiger partial charge in [0, 0.05) is 0 Å². The van der Waals surface area contributed by atoms with Gasteiger partial charge in [-0.1, -0.05) is 0 Å². The first-order chi connectivity index (χ1) is 9.01. The molecular weight excluding hydrogens is 332 g/mol. The Morgan fingerprint density at radius 3 is 2.89 bits per heavy atom. The predicted molar refractivity (Wildman–Crippen MR) is 79.2 cm³/mol. The highest BCUT2D eigenvalue weighted by molar-refractivity contribution is 9.10. The van der Waals surface area contributed by atoms with Crippen molar-refractivity contribution in [3.8, 4) is 11.5 Å². The summed E-state index contributed by atoms with van der Waals surface area (Å²) in [6.07, 6.45) is 1.66. The van der Waals surface area contributed by atoms with Crippen LogP contribution in [0.5, 0.6) is 11.5 Å². The second kappa shape index (κ2) is 5.66. The van der Waals surface area contributed by atoms with Crippen LogP contribution in [0, 0.1) is 0 Å². The minimum absolute atomic E-state index is 0.0326. The zero-order chi connectivity index (χ0) is 14.0. The molecule has 7 heteroatoms. The Kier molecular flexibility index (Phi) is 4.16. The summed E-state index contributed by atoms with van der Waals surface area (Å²) in [6, 6.07) is 3.34. The Hall–Kier alpha value is -1.47. The average molecular weight is 343 g/mol. The van der Waals surface area contributed by atoms with Crippen molar-refractivity contribution >= 4 is 44.8 Å². The van der Waals surface area contributed by atoms with Gasteiger partial charge in [0.2, 0.25) is 0 Å². The molecule has 0 bridgehead atoms. The third kappa shape index (κ3) is 3.10. The molecule has 3 N–H and O–H groups in total. The van der Waals surface area contributed by atoms with Crippen molar-refractivity contribution in [2.75, 3.05) is 6.61 Å². The molecule has 1 amide bonds. The van der Waals surface area contributed by atoms with Crippen molar-refractivity contribution in [3.05, 3.63) is 27.1 Å². The van der Waals surface area contributed by atoms with Gasteiger partial charge in [0.25, 0.3) is 5.91 Å². The molecule has 1 aromatic rings. The summed E-state index contributed by atoms with van der Waals surface area (Å²) in [4.78, 5) is 15.6. The number of amidine groups is 1. The van der Waals surface area contributed by atoms with E-state index in [0.29, 0.717) is 27.3 Å². The molecule has 1 aromatic carbocycles. The van der Waals surface area contributed by atoms with Gasteiger partial charge in [0.05, 0.1) is 16.0 Å². The molecule has 0 saturated heterocycles. The average Bonchev–Trinajstić information content (AvgIpc) is 2.64. The Morgan fingerprint density at radius 2 is 2.32 bits per heavy atom. The SMILES string of the molecule is CCOc1cc(/C=C2\SC(N)=NC2=O)cc(Br)c1O. The minimum atomic E-state index is -0.357. The van der Waals surface area contributed by atoms with Crippen LogP contribution in [0.15, 0.2) is 26.5 Å². The number of benzene rings is 1. The molecular formula is C12H11BrN2O3S. The summed E-state index contributed by atoms with van der Waals surface area (Å²) in [6.45, 7) is 2.26. The normalized spacial score (nSPS) is 16.8. The second-order valence-corrected chi connectivity index (χ2v) is 5.56. The Labute approximate surface area is 122 Å². The van der Waals surface area contributed by atoms with E-state index in [1.54, 1.807) is 18.2 Å². The summed E-state index contributed by atoms with van der Waals surface area (Å²) in [7, 11) is 0. The maximum Gasteiger partial charge on any atom is 0.286 e. The molecule has 2 rings (SSSR count). The van der Waals surface area contributed by atoms with Gasteiger partial charge in [-0.25, -0.2) is 0 Å². The number of halogens is 1. The molecule has 100 valence electrons. The third-order valence-corrected chi connectivity index (χ3v) is 3.70. The summed E-state index contributed by atoms with van der Waals surface area (Å²) >= 11 is 4.36. The molecule has 0 unspecified atom stereocenters. The van der Waals surface area contributed by atoms with Crippen LogP contribution in [-0.4, -0.2) is 22.8 Å². The molecule has 0 radical (unpaired) electrons. The van der Waals surface area contributed by atoms with Gasteiger partial charge < -0.3 is 15.6 Å². The number of nitrogens with two attached hydrogens (primary N) is 1. The van der Waals surface area contributed by atoms with E-state index in [2.05, 4.69) is 20.9 Å². The molecule has 0 spiro atoms. The van der Waals surface area contributed by atoms with Crippen molar-refractivity contribution in [2.45, 2.75) is 6.92 Å². The van der Waals surface area contributed by atoms with Crippen LogP contribution < -0.4 is 10.5 Å². The lowest BCUT2D eigenvalue weighted by molar-refractivity contribution is -0.113. The predicted octanol–water partition coefficient (Wildman–Crippen LogP) is 2.48. The van der Waals surface area contributed by atoms with Gasteiger partial charge in [0.15, 0.2) is 16.7 Å². The van der Waals surface area contributed by atoms with Crippen LogP contribution in [0.2, 0.25) is 0 Å². The molecule has 1 aliphatic rings. The highest BCUT2D eigenvalue weighted by Crippen LogP contribution is 2.37. The third-order valence-electron chi connectivity index (χ3n) is 2.29. The van der Waals surface area contributed by atoms with E-state index >= 15 is 0 Å². The van der Waals surface area contributed by atoms with Gasteiger partial charge in [-0.05, 0) is 58.4 Å². The first kappa shape index (κ1) is 14.0. The number of aromatic hydroxyl groups is 1. The van der Waals surface area contributed by atoms with Crippen LogP contribution in [0.3, 0.4) is 0 Å². The van der Waals surface area contributed by atoms with Gasteiger partial charge in [-0.15, -0.1) is 0 Å². The fourth-order valence-corrected chi connectivity index (χ4v) is 2.66. The van der Waals surface area contributed by atoms with E-state index < -0.39 is 0 Å². The fourth-order valence-electron chi connectivity index (χ4n) is 1.52. The summed E-state index contributed by atoms with van der Waals surface area (Å²) in [5.74, 6) is 0.0304. The van der Waals surface area contributed by atoms with Gasteiger partial charge in [-0.2, -0.15) is 4.99 Å². The first-order valence-corrected chi connectivity index (χ1v) is 7.05. The van der Waals surface area contributed by atoms with Crippen molar-refractivity contribution in [2.24, 2.45) is 10.7 Å². The number of carbonyl (C=O) groups excluding carboxylic acids is 1. The molecule has 0 aliphatic carbocycles. The second-order valence-electron chi connectivity index (χ2n) is 3.65. The number of phenols is 1. The number of ether oxygens (including phenoxy) is 1. The summed E-state index contributed by atoms with van der Waals surface area (Å²) in [5, 5.41) is 10.0. The minimum Gasteiger partial charge on any atom is -0.503 e. The van der Waals surface area contributed by atoms with Crippen molar-refractivity contribution in [1.82, 2.24) is 0 Å². The van der Waals surface area contributed by atoms with Gasteiger partial charge >= 0.3 is 0 Å². The molecule has 0 atom stereocenters. The van der Waals surface area contributed by atoms with Crippen molar-refractivity contribution < 1.29 is 14.6 Å². The lowest BCUT2D eigenvalue weighted by Crippen LogP contribution is -2.01. The Bertz CT molecular complexity index is 599. The number of thioether (sulfide) groups is 1. The number of nitrogens with zero attached hydrogens (tertiary/aromatic N) is 1. The van der Waals surface area contributed by atoms with Gasteiger partial charge in [-0.3, -0.25) is 4.79 Å². The van der Waals surface area contributed by atoms with Gasteiger partial charge in [0.1, 0.15) is 0 Å². The lowest BCUT2D eigenvalue weighted by atomic mass is 10.2. The van der Waals surface area contributed by atoms with Crippen LogP contribution in [0.1, 0.15) is 12.5 Å². The number of phenolic OH excluding ortho intramolecular Hbond substituents is 1. The topological polar surface area (TPSA) is 84.9 Å². The Balaban J connectivity index is 2.36. The lowest BCUT2D eigenvalue weighted by Gasteiger charge is -2.08. The number of hydrogen-bond acceptors (Lipinski definition) is 5.